The smallest absolute Gasteiger partial charge is 0.326 e. The standard InChI is InChI=1S/C12H16F2N2O3S/c1-8(7-15-2)11(17)16-9-3-5-10(6-4-9)20(18,19)12(13)14/h3-6,8,12,15H,7H2,1-2H3,(H,16,17). The van der Waals surface area contributed by atoms with Gasteiger partial charge in [0.15, 0.2) is 0 Å². The highest BCUT2D eigenvalue weighted by Crippen LogP contribution is 2.20. The SMILES string of the molecule is CNCC(C)C(=O)Nc1ccc(S(=O)(=O)C(F)F)cc1. The van der Waals surface area contributed by atoms with E-state index in [-0.39, 0.29) is 11.8 Å². The van der Waals surface area contributed by atoms with Gasteiger partial charge in [0, 0.05) is 18.2 Å². The van der Waals surface area contributed by atoms with Crippen molar-refractivity contribution in [2.75, 3.05) is 18.9 Å². The maximum Gasteiger partial charge on any atom is 0.341 e. The average molecular weight is 306 g/mol. The van der Waals surface area contributed by atoms with E-state index >= 15 is 0 Å². The molecule has 2 N–H and O–H groups in total. The molecule has 0 spiro atoms. The van der Waals surface area contributed by atoms with Crippen molar-refractivity contribution in [1.29, 1.82) is 0 Å². The largest absolute Gasteiger partial charge is 0.341 e. The molecule has 0 bridgehead atoms. The zero-order valence-electron chi connectivity index (χ0n) is 11.1. The van der Waals surface area contributed by atoms with Crippen LogP contribution in [0.3, 0.4) is 0 Å². The first-order valence-corrected chi connectivity index (χ1v) is 7.41. The molecule has 112 valence electrons. The van der Waals surface area contributed by atoms with Gasteiger partial charge >= 0.3 is 5.76 Å². The quantitative estimate of drug-likeness (QED) is 0.835. The van der Waals surface area contributed by atoms with Crippen molar-refractivity contribution >= 4 is 21.4 Å². The molecule has 0 aromatic heterocycles. The third-order valence-corrected chi connectivity index (χ3v) is 4.04. The monoisotopic (exact) mass is 306 g/mol. The molecule has 1 atom stereocenters. The van der Waals surface area contributed by atoms with Gasteiger partial charge < -0.3 is 10.6 Å². The van der Waals surface area contributed by atoms with E-state index in [0.717, 1.165) is 12.1 Å². The van der Waals surface area contributed by atoms with Crippen molar-refractivity contribution in [3.05, 3.63) is 24.3 Å². The number of sulfone groups is 1. The van der Waals surface area contributed by atoms with Crippen molar-refractivity contribution in [3.8, 4) is 0 Å². The van der Waals surface area contributed by atoms with E-state index in [1.807, 2.05) is 0 Å². The summed E-state index contributed by atoms with van der Waals surface area (Å²) in [6, 6.07) is 4.64. The first kappa shape index (κ1) is 16.5. The normalized spacial score (nSPS) is 13.2. The Kier molecular flexibility index (Phi) is 5.58. The fourth-order valence-corrected chi connectivity index (χ4v) is 2.22. The van der Waals surface area contributed by atoms with Gasteiger partial charge in [-0.25, -0.2) is 8.42 Å². The maximum atomic E-state index is 12.3. The van der Waals surface area contributed by atoms with E-state index in [4.69, 9.17) is 0 Å². The van der Waals surface area contributed by atoms with Crippen LogP contribution in [0.25, 0.3) is 0 Å². The van der Waals surface area contributed by atoms with Gasteiger partial charge in [0.1, 0.15) is 0 Å². The van der Waals surface area contributed by atoms with Gasteiger partial charge in [0.05, 0.1) is 4.90 Å². The van der Waals surface area contributed by atoms with Crippen LogP contribution in [0.15, 0.2) is 29.2 Å². The molecule has 0 aliphatic heterocycles. The summed E-state index contributed by atoms with van der Waals surface area (Å²) < 4.78 is 47.1. The van der Waals surface area contributed by atoms with Crippen LogP contribution in [0.1, 0.15) is 6.92 Å². The molecule has 1 aromatic rings. The lowest BCUT2D eigenvalue weighted by atomic mass is 10.1. The Labute approximate surface area is 116 Å². The Morgan fingerprint density at radius 1 is 1.25 bits per heavy atom. The molecule has 1 amide bonds. The zero-order chi connectivity index (χ0) is 15.3. The molecule has 0 fully saturated rings. The van der Waals surface area contributed by atoms with Crippen molar-refractivity contribution < 1.29 is 22.0 Å². The zero-order valence-corrected chi connectivity index (χ0v) is 11.9. The molecule has 0 aliphatic rings. The molecule has 1 rings (SSSR count). The van der Waals surface area contributed by atoms with Crippen LogP contribution in [-0.4, -0.2) is 33.7 Å². The predicted molar refractivity (Wildman–Crippen MR) is 71.4 cm³/mol. The van der Waals surface area contributed by atoms with Crippen LogP contribution >= 0.6 is 0 Å². The van der Waals surface area contributed by atoms with Gasteiger partial charge in [-0.05, 0) is 31.3 Å². The van der Waals surface area contributed by atoms with Crippen molar-refractivity contribution in [2.24, 2.45) is 5.92 Å². The molecule has 1 aromatic carbocycles. The summed E-state index contributed by atoms with van der Waals surface area (Å²) in [5.41, 5.74) is 0.353. The van der Waals surface area contributed by atoms with Crippen LogP contribution < -0.4 is 10.6 Å². The number of halogens is 2. The van der Waals surface area contributed by atoms with Gasteiger partial charge in [-0.2, -0.15) is 8.78 Å². The Morgan fingerprint density at radius 3 is 2.25 bits per heavy atom. The molecule has 0 saturated heterocycles. The van der Waals surface area contributed by atoms with Crippen LogP contribution in [0.4, 0.5) is 14.5 Å². The van der Waals surface area contributed by atoms with Crippen molar-refractivity contribution in [2.45, 2.75) is 17.6 Å². The minimum Gasteiger partial charge on any atom is -0.326 e. The predicted octanol–water partition coefficient (Wildman–Crippen LogP) is 1.48. The summed E-state index contributed by atoms with van der Waals surface area (Å²) in [4.78, 5) is 11.2. The Balaban J connectivity index is 2.80. The van der Waals surface area contributed by atoms with Gasteiger partial charge in [-0.15, -0.1) is 0 Å². The summed E-state index contributed by atoms with van der Waals surface area (Å²) in [5, 5.41) is 5.43. The number of carbonyl (C=O) groups excluding carboxylic acids is 1. The summed E-state index contributed by atoms with van der Waals surface area (Å²) in [6.45, 7) is 2.21. The van der Waals surface area contributed by atoms with Crippen LogP contribution in [0.2, 0.25) is 0 Å². The summed E-state index contributed by atoms with van der Waals surface area (Å²) >= 11 is 0. The third-order valence-electron chi connectivity index (χ3n) is 2.64. The first-order chi connectivity index (χ1) is 9.28. The molecule has 8 heteroatoms. The average Bonchev–Trinajstić information content (AvgIpc) is 2.39. The first-order valence-electron chi connectivity index (χ1n) is 5.86. The second kappa shape index (κ2) is 6.76. The molecule has 0 heterocycles. The van der Waals surface area contributed by atoms with E-state index < -0.39 is 20.5 Å². The summed E-state index contributed by atoms with van der Waals surface area (Å²) in [5.74, 6) is -3.98. The molecule has 20 heavy (non-hydrogen) atoms. The summed E-state index contributed by atoms with van der Waals surface area (Å²) in [6.07, 6.45) is 0. The van der Waals surface area contributed by atoms with Crippen LogP contribution in [0.5, 0.6) is 0 Å². The number of benzene rings is 1. The lowest BCUT2D eigenvalue weighted by Gasteiger charge is -2.12. The highest BCUT2D eigenvalue weighted by molar-refractivity contribution is 7.91. The van der Waals surface area contributed by atoms with E-state index in [0.29, 0.717) is 12.2 Å². The highest BCUT2D eigenvalue weighted by atomic mass is 32.2. The molecule has 1 unspecified atom stereocenters. The minimum atomic E-state index is -4.60. The Hall–Kier alpha value is -1.54. The minimum absolute atomic E-state index is 0.246. The number of rotatable bonds is 6. The van der Waals surface area contributed by atoms with E-state index in [1.165, 1.54) is 12.1 Å². The second-order valence-electron chi connectivity index (χ2n) is 4.28. The fraction of sp³-hybridized carbons (Fsp3) is 0.417. The van der Waals surface area contributed by atoms with E-state index in [9.17, 15) is 22.0 Å². The Morgan fingerprint density at radius 2 is 1.80 bits per heavy atom. The molecule has 5 nitrogen and oxygen atoms in total. The van der Waals surface area contributed by atoms with Gasteiger partial charge in [-0.1, -0.05) is 6.92 Å². The van der Waals surface area contributed by atoms with Gasteiger partial charge in [0.25, 0.3) is 0 Å². The number of alkyl halides is 2. The second-order valence-corrected chi connectivity index (χ2v) is 6.20. The molecular formula is C12H16F2N2O3S. The molecular weight excluding hydrogens is 290 g/mol. The van der Waals surface area contributed by atoms with Crippen LogP contribution in [-0.2, 0) is 14.6 Å². The number of hydrogen-bond acceptors (Lipinski definition) is 4. The van der Waals surface area contributed by atoms with E-state index in [1.54, 1.807) is 14.0 Å². The number of carbonyl (C=O) groups is 1. The number of amides is 1. The van der Waals surface area contributed by atoms with Crippen molar-refractivity contribution in [3.63, 3.8) is 0 Å². The van der Waals surface area contributed by atoms with Crippen LogP contribution in [0, 0.1) is 5.92 Å². The lowest BCUT2D eigenvalue weighted by molar-refractivity contribution is -0.119. The lowest BCUT2D eigenvalue weighted by Crippen LogP contribution is -2.28. The molecule has 0 saturated carbocycles. The van der Waals surface area contributed by atoms with E-state index in [2.05, 4.69) is 10.6 Å². The summed E-state index contributed by atoms with van der Waals surface area (Å²) in [7, 11) is -2.89. The third kappa shape index (κ3) is 3.97. The topological polar surface area (TPSA) is 75.3 Å². The number of nitrogens with one attached hydrogen (secondary N) is 2. The highest BCUT2D eigenvalue weighted by Gasteiger charge is 2.26. The Bertz CT molecular complexity index is 559. The molecule has 0 radical (unpaired) electrons. The van der Waals surface area contributed by atoms with Gasteiger partial charge in [-0.3, -0.25) is 4.79 Å². The number of anilines is 1. The van der Waals surface area contributed by atoms with Gasteiger partial charge in [0.2, 0.25) is 15.7 Å². The number of hydrogen-bond donors (Lipinski definition) is 2. The maximum absolute atomic E-state index is 12.3. The molecule has 0 aliphatic carbocycles. The fourth-order valence-electron chi connectivity index (χ4n) is 1.50. The van der Waals surface area contributed by atoms with Crippen molar-refractivity contribution in [1.82, 2.24) is 5.32 Å².